The molecule has 1 aliphatic rings. The van der Waals surface area contributed by atoms with Gasteiger partial charge in [-0.25, -0.2) is 9.18 Å². The quantitative estimate of drug-likeness (QED) is 0.272. The first-order valence-electron chi connectivity index (χ1n) is 9.74. The predicted molar refractivity (Wildman–Crippen MR) is 114 cm³/mol. The summed E-state index contributed by atoms with van der Waals surface area (Å²) in [4.78, 5) is 39.3. The number of ketones is 1. The van der Waals surface area contributed by atoms with Gasteiger partial charge in [0.05, 0.1) is 37.2 Å². The highest BCUT2D eigenvalue weighted by molar-refractivity contribution is 6.51. The molecular formula is C24H18FNO7. The number of anilines is 1. The molecule has 1 N–H and O–H groups in total. The van der Waals surface area contributed by atoms with Crippen molar-refractivity contribution >= 4 is 29.1 Å². The number of hydrogen-bond donors (Lipinski definition) is 1. The Morgan fingerprint density at radius 3 is 2.55 bits per heavy atom. The number of esters is 1. The highest BCUT2D eigenvalue weighted by Gasteiger charge is 2.48. The maximum absolute atomic E-state index is 14.0. The van der Waals surface area contributed by atoms with Gasteiger partial charge in [0.25, 0.3) is 11.7 Å². The highest BCUT2D eigenvalue weighted by Crippen LogP contribution is 2.43. The number of aliphatic hydroxyl groups excluding tert-OH is 1. The molecule has 0 aliphatic carbocycles. The van der Waals surface area contributed by atoms with Crippen LogP contribution in [0.3, 0.4) is 0 Å². The van der Waals surface area contributed by atoms with E-state index in [1.165, 1.54) is 56.9 Å². The number of Topliss-reactive ketones (excluding diaryl/α,β-unsaturated/α-hetero) is 1. The Balaban J connectivity index is 1.94. The molecule has 3 aromatic rings. The molecule has 1 saturated heterocycles. The number of benzene rings is 2. The van der Waals surface area contributed by atoms with Crippen molar-refractivity contribution in [3.8, 4) is 5.75 Å². The Morgan fingerprint density at radius 1 is 1.09 bits per heavy atom. The summed E-state index contributed by atoms with van der Waals surface area (Å²) in [5.74, 6) is -3.63. The molecular weight excluding hydrogens is 433 g/mol. The van der Waals surface area contributed by atoms with Crippen LogP contribution in [0.15, 0.2) is 70.9 Å². The Hall–Kier alpha value is -4.40. The Kier molecular flexibility index (Phi) is 5.70. The van der Waals surface area contributed by atoms with Crippen LogP contribution in [0.1, 0.15) is 27.7 Å². The van der Waals surface area contributed by atoms with Gasteiger partial charge >= 0.3 is 5.97 Å². The molecule has 9 heteroatoms. The van der Waals surface area contributed by atoms with E-state index in [1.54, 1.807) is 6.07 Å². The topological polar surface area (TPSA) is 106 Å². The normalized spacial score (nSPS) is 17.3. The molecule has 8 nitrogen and oxygen atoms in total. The lowest BCUT2D eigenvalue weighted by molar-refractivity contribution is -0.132. The second kappa shape index (κ2) is 8.62. The molecule has 1 amide bonds. The second-order valence-electron chi connectivity index (χ2n) is 7.07. The van der Waals surface area contributed by atoms with E-state index in [4.69, 9.17) is 13.9 Å². The van der Waals surface area contributed by atoms with Gasteiger partial charge in [-0.3, -0.25) is 14.5 Å². The number of nitrogens with zero attached hydrogens (tertiary/aromatic N) is 1. The van der Waals surface area contributed by atoms with Crippen molar-refractivity contribution in [2.75, 3.05) is 19.1 Å². The van der Waals surface area contributed by atoms with Crippen molar-refractivity contribution in [3.63, 3.8) is 0 Å². The average molecular weight is 451 g/mol. The van der Waals surface area contributed by atoms with E-state index in [2.05, 4.69) is 0 Å². The minimum absolute atomic E-state index is 0.102. The van der Waals surface area contributed by atoms with Crippen molar-refractivity contribution in [1.29, 1.82) is 0 Å². The van der Waals surface area contributed by atoms with Crippen molar-refractivity contribution in [3.05, 3.63) is 89.1 Å². The van der Waals surface area contributed by atoms with Crippen molar-refractivity contribution in [2.24, 2.45) is 0 Å². The number of methoxy groups -OCH3 is 2. The summed E-state index contributed by atoms with van der Waals surface area (Å²) in [5.41, 5.74) is -0.0637. The lowest BCUT2D eigenvalue weighted by Gasteiger charge is -2.23. The van der Waals surface area contributed by atoms with Gasteiger partial charge in [0.15, 0.2) is 0 Å². The number of hydrogen-bond acceptors (Lipinski definition) is 7. The molecule has 0 radical (unpaired) electrons. The summed E-state index contributed by atoms with van der Waals surface area (Å²) in [6.07, 6.45) is 1.35. The van der Waals surface area contributed by atoms with E-state index in [-0.39, 0.29) is 33.9 Å². The molecule has 1 atom stereocenters. The molecule has 0 spiro atoms. The molecule has 2 aromatic carbocycles. The molecule has 0 bridgehead atoms. The third kappa shape index (κ3) is 3.73. The molecule has 1 aromatic heterocycles. The average Bonchev–Trinajstić information content (AvgIpc) is 3.45. The minimum atomic E-state index is -1.18. The fraction of sp³-hybridized carbons (Fsp3) is 0.125. The van der Waals surface area contributed by atoms with Gasteiger partial charge in [-0.15, -0.1) is 0 Å². The van der Waals surface area contributed by atoms with Crippen LogP contribution in [0.5, 0.6) is 5.75 Å². The van der Waals surface area contributed by atoms with E-state index in [1.807, 2.05) is 0 Å². The molecule has 1 fully saturated rings. The maximum Gasteiger partial charge on any atom is 0.337 e. The lowest BCUT2D eigenvalue weighted by Crippen LogP contribution is -2.29. The van der Waals surface area contributed by atoms with Gasteiger partial charge < -0.3 is 19.0 Å². The van der Waals surface area contributed by atoms with Gasteiger partial charge in [-0.05, 0) is 48.5 Å². The van der Waals surface area contributed by atoms with Gasteiger partial charge in [0, 0.05) is 5.69 Å². The standard InChI is InChI=1S/C24H18FNO7/c1-31-17-9-8-14(25)12-16(17)21(27)19-20(18-7-4-10-33-18)26(23(29)22(19)28)15-6-3-5-13(11-15)24(30)32-2/h3-12,20,27H,1-2H3/b21-19-. The number of furan rings is 1. The zero-order chi connectivity index (χ0) is 23.7. The molecule has 33 heavy (non-hydrogen) atoms. The summed E-state index contributed by atoms with van der Waals surface area (Å²) in [6.45, 7) is 0. The number of halogens is 1. The Bertz CT molecular complexity index is 1280. The zero-order valence-electron chi connectivity index (χ0n) is 17.6. The molecule has 1 unspecified atom stereocenters. The third-order valence-corrected chi connectivity index (χ3v) is 5.22. The van der Waals surface area contributed by atoms with E-state index >= 15 is 0 Å². The summed E-state index contributed by atoms with van der Waals surface area (Å²) in [5, 5.41) is 11.1. The van der Waals surface area contributed by atoms with E-state index in [9.17, 15) is 23.9 Å². The van der Waals surface area contributed by atoms with Gasteiger partial charge in [-0.1, -0.05) is 6.07 Å². The molecule has 2 heterocycles. The molecule has 1 aliphatic heterocycles. The van der Waals surface area contributed by atoms with Crippen LogP contribution in [-0.2, 0) is 14.3 Å². The SMILES string of the molecule is COC(=O)c1cccc(N2C(=O)C(=O)/C(=C(\O)c3cc(F)ccc3OC)C2c2ccco2)c1. The molecule has 4 rings (SSSR count). The van der Waals surface area contributed by atoms with E-state index in [0.717, 1.165) is 17.0 Å². The van der Waals surface area contributed by atoms with Crippen LogP contribution in [-0.4, -0.2) is 37.0 Å². The maximum atomic E-state index is 14.0. The highest BCUT2D eigenvalue weighted by atomic mass is 19.1. The van der Waals surface area contributed by atoms with Crippen LogP contribution >= 0.6 is 0 Å². The molecule has 168 valence electrons. The summed E-state index contributed by atoms with van der Waals surface area (Å²) < 4.78 is 29.3. The van der Waals surface area contributed by atoms with Crippen LogP contribution in [0.4, 0.5) is 10.1 Å². The first-order chi connectivity index (χ1) is 15.9. The summed E-state index contributed by atoms with van der Waals surface area (Å²) in [6, 6.07) is 11.3. The molecule has 0 saturated carbocycles. The first-order valence-corrected chi connectivity index (χ1v) is 9.74. The van der Waals surface area contributed by atoms with E-state index in [0.29, 0.717) is 0 Å². The summed E-state index contributed by atoms with van der Waals surface area (Å²) >= 11 is 0. The number of carbonyl (C=O) groups excluding carboxylic acids is 3. The predicted octanol–water partition coefficient (Wildman–Crippen LogP) is 3.84. The lowest BCUT2D eigenvalue weighted by atomic mass is 9.98. The first kappa shape index (κ1) is 21.8. The number of carbonyl (C=O) groups is 3. The van der Waals surface area contributed by atoms with Crippen LogP contribution in [0.2, 0.25) is 0 Å². The second-order valence-corrected chi connectivity index (χ2v) is 7.07. The monoisotopic (exact) mass is 451 g/mol. The van der Waals surface area contributed by atoms with Crippen molar-refractivity contribution in [1.82, 2.24) is 0 Å². The number of amides is 1. The fourth-order valence-corrected chi connectivity index (χ4v) is 3.73. The number of aliphatic hydroxyl groups is 1. The Morgan fingerprint density at radius 2 is 1.88 bits per heavy atom. The minimum Gasteiger partial charge on any atom is -0.507 e. The summed E-state index contributed by atoms with van der Waals surface area (Å²) in [7, 11) is 2.54. The van der Waals surface area contributed by atoms with E-state index < -0.39 is 35.3 Å². The fourth-order valence-electron chi connectivity index (χ4n) is 3.73. The third-order valence-electron chi connectivity index (χ3n) is 5.22. The van der Waals surface area contributed by atoms with Gasteiger partial charge in [0.2, 0.25) is 0 Å². The van der Waals surface area contributed by atoms with Crippen LogP contribution in [0, 0.1) is 5.82 Å². The van der Waals surface area contributed by atoms with Crippen molar-refractivity contribution in [2.45, 2.75) is 6.04 Å². The van der Waals surface area contributed by atoms with Gasteiger partial charge in [-0.2, -0.15) is 0 Å². The van der Waals surface area contributed by atoms with Crippen molar-refractivity contribution < 1.29 is 37.8 Å². The van der Waals surface area contributed by atoms with Crippen LogP contribution < -0.4 is 9.64 Å². The smallest absolute Gasteiger partial charge is 0.337 e. The van der Waals surface area contributed by atoms with Gasteiger partial charge in [0.1, 0.15) is 29.1 Å². The number of ether oxygens (including phenoxy) is 2. The van der Waals surface area contributed by atoms with Crippen LogP contribution in [0.25, 0.3) is 5.76 Å². The number of rotatable bonds is 5. The zero-order valence-corrected chi connectivity index (χ0v) is 17.6. The Labute approximate surface area is 187 Å². The largest absolute Gasteiger partial charge is 0.507 e.